The first kappa shape index (κ1) is 24.1. The second-order valence-corrected chi connectivity index (χ2v) is 9.65. The average Bonchev–Trinajstić information content (AvgIpc) is 2.79. The number of ether oxygens (including phenoxy) is 1. The van der Waals surface area contributed by atoms with Crippen LogP contribution in [0.1, 0.15) is 5.56 Å². The topological polar surface area (TPSA) is 75.7 Å². The van der Waals surface area contributed by atoms with Crippen LogP contribution in [0.4, 0.5) is 5.69 Å². The molecule has 0 aromatic heterocycles. The van der Waals surface area contributed by atoms with Crippen molar-refractivity contribution in [3.05, 3.63) is 88.4 Å². The van der Waals surface area contributed by atoms with Crippen LogP contribution < -0.4 is 10.1 Å². The number of nitrogens with one attached hydrogen (secondary N) is 1. The number of methoxy groups -OCH3 is 1. The number of hydrogen-bond acceptors (Lipinski definition) is 4. The molecule has 0 radical (unpaired) electrons. The predicted octanol–water partition coefficient (Wildman–Crippen LogP) is 4.87. The molecule has 1 amide bonds. The molecular weight excluding hydrogens is 471 g/mol. The first-order chi connectivity index (χ1) is 15.3. The molecule has 0 unspecified atom stereocenters. The molecular formula is C23H22Cl2N2O4S. The fraction of sp³-hybridized carbons (Fsp3) is 0.174. The number of halogens is 2. The van der Waals surface area contributed by atoms with E-state index in [2.05, 4.69) is 5.32 Å². The summed E-state index contributed by atoms with van der Waals surface area (Å²) in [6.07, 6.45) is 0.441. The second-order valence-electron chi connectivity index (χ2n) is 6.89. The maximum absolute atomic E-state index is 13.3. The summed E-state index contributed by atoms with van der Waals surface area (Å²) in [6, 6.07) is 20.3. The number of anilines is 1. The van der Waals surface area contributed by atoms with E-state index in [1.165, 1.54) is 19.2 Å². The number of amides is 1. The van der Waals surface area contributed by atoms with Gasteiger partial charge in [0, 0.05) is 6.54 Å². The molecule has 3 aromatic rings. The Kier molecular flexibility index (Phi) is 8.15. The van der Waals surface area contributed by atoms with E-state index in [1.54, 1.807) is 30.3 Å². The SMILES string of the molecule is COc1ccc(S(=O)(=O)N(CCc2ccccc2)CC(=O)Nc2c(Cl)cccc2Cl)cc1. The molecule has 3 rings (SSSR count). The van der Waals surface area contributed by atoms with E-state index in [1.807, 2.05) is 30.3 Å². The molecule has 9 heteroatoms. The normalized spacial score (nSPS) is 11.4. The van der Waals surface area contributed by atoms with Crippen molar-refractivity contribution in [3.63, 3.8) is 0 Å². The lowest BCUT2D eigenvalue weighted by molar-refractivity contribution is -0.116. The van der Waals surface area contributed by atoms with E-state index in [-0.39, 0.29) is 27.2 Å². The van der Waals surface area contributed by atoms with Gasteiger partial charge in [0.2, 0.25) is 15.9 Å². The van der Waals surface area contributed by atoms with Crippen LogP contribution in [-0.4, -0.2) is 38.8 Å². The quantitative estimate of drug-likeness (QED) is 0.462. The zero-order valence-electron chi connectivity index (χ0n) is 17.3. The summed E-state index contributed by atoms with van der Waals surface area (Å²) in [6.45, 7) is -0.287. The Bertz CT molecular complexity index is 1150. The minimum atomic E-state index is -3.95. The fourth-order valence-electron chi connectivity index (χ4n) is 3.04. The Hall–Kier alpha value is -2.58. The lowest BCUT2D eigenvalue weighted by Crippen LogP contribution is -2.39. The van der Waals surface area contributed by atoms with Gasteiger partial charge in [-0.3, -0.25) is 4.79 Å². The van der Waals surface area contributed by atoms with Crippen molar-refractivity contribution in [3.8, 4) is 5.75 Å². The predicted molar refractivity (Wildman–Crippen MR) is 127 cm³/mol. The van der Waals surface area contributed by atoms with Gasteiger partial charge in [-0.05, 0) is 48.4 Å². The zero-order chi connectivity index (χ0) is 23.1. The Morgan fingerprint density at radius 3 is 2.16 bits per heavy atom. The van der Waals surface area contributed by atoms with Crippen LogP contribution in [0, 0.1) is 0 Å². The second kappa shape index (κ2) is 10.8. The maximum atomic E-state index is 13.3. The van der Waals surface area contributed by atoms with Gasteiger partial charge < -0.3 is 10.1 Å². The van der Waals surface area contributed by atoms with Gasteiger partial charge in [-0.2, -0.15) is 4.31 Å². The summed E-state index contributed by atoms with van der Waals surface area (Å²) in [5.41, 5.74) is 1.20. The van der Waals surface area contributed by atoms with Crippen molar-refractivity contribution in [2.24, 2.45) is 0 Å². The smallest absolute Gasteiger partial charge is 0.243 e. The summed E-state index contributed by atoms with van der Waals surface area (Å²) in [7, 11) is -2.45. The highest BCUT2D eigenvalue weighted by Gasteiger charge is 2.27. The number of sulfonamides is 1. The summed E-state index contributed by atoms with van der Waals surface area (Å²) in [4.78, 5) is 12.8. The Morgan fingerprint density at radius 1 is 0.938 bits per heavy atom. The molecule has 0 fully saturated rings. The summed E-state index contributed by atoms with van der Waals surface area (Å²) in [5.74, 6) is -0.0176. The summed E-state index contributed by atoms with van der Waals surface area (Å²) < 4.78 is 32.9. The number of nitrogens with zero attached hydrogens (tertiary/aromatic N) is 1. The number of benzene rings is 3. The van der Waals surface area contributed by atoms with E-state index in [9.17, 15) is 13.2 Å². The van der Waals surface area contributed by atoms with Gasteiger partial charge in [0.15, 0.2) is 0 Å². The number of hydrogen-bond donors (Lipinski definition) is 1. The summed E-state index contributed by atoms with van der Waals surface area (Å²) >= 11 is 12.2. The molecule has 0 aliphatic rings. The molecule has 0 saturated heterocycles. The number of carbonyl (C=O) groups is 1. The standard InChI is InChI=1S/C23H22Cl2N2O4S/c1-31-18-10-12-19(13-11-18)32(29,30)27(15-14-17-6-3-2-4-7-17)16-22(28)26-23-20(24)8-5-9-21(23)25/h2-13H,14-16H2,1H3,(H,26,28). The van der Waals surface area contributed by atoms with Crippen molar-refractivity contribution in [1.29, 1.82) is 0 Å². The van der Waals surface area contributed by atoms with Crippen molar-refractivity contribution in [2.45, 2.75) is 11.3 Å². The molecule has 1 N–H and O–H groups in total. The van der Waals surface area contributed by atoms with Crippen molar-refractivity contribution >= 4 is 44.8 Å². The van der Waals surface area contributed by atoms with E-state index in [0.717, 1.165) is 9.87 Å². The van der Waals surface area contributed by atoms with Gasteiger partial charge >= 0.3 is 0 Å². The molecule has 3 aromatic carbocycles. The number of para-hydroxylation sites is 1. The highest BCUT2D eigenvalue weighted by atomic mass is 35.5. The van der Waals surface area contributed by atoms with E-state index >= 15 is 0 Å². The van der Waals surface area contributed by atoms with Gasteiger partial charge in [0.1, 0.15) is 5.75 Å². The van der Waals surface area contributed by atoms with Gasteiger partial charge in [-0.25, -0.2) is 8.42 Å². The third-order valence-corrected chi connectivity index (χ3v) is 7.23. The van der Waals surface area contributed by atoms with E-state index < -0.39 is 22.5 Å². The van der Waals surface area contributed by atoms with Gasteiger partial charge in [-0.15, -0.1) is 0 Å². The first-order valence-electron chi connectivity index (χ1n) is 9.73. The van der Waals surface area contributed by atoms with E-state index in [4.69, 9.17) is 27.9 Å². The number of rotatable bonds is 9. The molecule has 6 nitrogen and oxygen atoms in total. The van der Waals surface area contributed by atoms with Crippen molar-refractivity contribution in [2.75, 3.05) is 25.5 Å². The molecule has 0 bridgehead atoms. The monoisotopic (exact) mass is 492 g/mol. The zero-order valence-corrected chi connectivity index (χ0v) is 19.6. The highest BCUT2D eigenvalue weighted by Crippen LogP contribution is 2.30. The Balaban J connectivity index is 1.84. The van der Waals surface area contributed by atoms with Crippen LogP contribution in [0.25, 0.3) is 0 Å². The molecule has 168 valence electrons. The summed E-state index contributed by atoms with van der Waals surface area (Å²) in [5, 5.41) is 3.15. The Labute approximate surface area is 197 Å². The lowest BCUT2D eigenvalue weighted by atomic mass is 10.1. The lowest BCUT2D eigenvalue weighted by Gasteiger charge is -2.22. The van der Waals surface area contributed by atoms with Crippen LogP contribution in [-0.2, 0) is 21.2 Å². The fourth-order valence-corrected chi connectivity index (χ4v) is 4.92. The molecule has 0 saturated carbocycles. The van der Waals surface area contributed by atoms with Crippen molar-refractivity contribution < 1.29 is 17.9 Å². The average molecular weight is 493 g/mol. The minimum absolute atomic E-state index is 0.0648. The minimum Gasteiger partial charge on any atom is -0.497 e. The maximum Gasteiger partial charge on any atom is 0.243 e. The Morgan fingerprint density at radius 2 is 1.56 bits per heavy atom. The molecule has 32 heavy (non-hydrogen) atoms. The number of carbonyl (C=O) groups excluding carboxylic acids is 1. The molecule has 0 atom stereocenters. The van der Waals surface area contributed by atoms with Gasteiger partial charge in [-0.1, -0.05) is 59.6 Å². The van der Waals surface area contributed by atoms with Crippen LogP contribution >= 0.6 is 23.2 Å². The molecule has 0 heterocycles. The van der Waals surface area contributed by atoms with Gasteiger partial charge in [0.05, 0.1) is 34.3 Å². The van der Waals surface area contributed by atoms with Crippen LogP contribution in [0.5, 0.6) is 5.75 Å². The molecule has 0 aliphatic heterocycles. The van der Waals surface area contributed by atoms with E-state index in [0.29, 0.717) is 12.2 Å². The van der Waals surface area contributed by atoms with Crippen molar-refractivity contribution in [1.82, 2.24) is 4.31 Å². The highest BCUT2D eigenvalue weighted by molar-refractivity contribution is 7.89. The third kappa shape index (κ3) is 6.01. The van der Waals surface area contributed by atoms with Crippen LogP contribution in [0.15, 0.2) is 77.7 Å². The first-order valence-corrected chi connectivity index (χ1v) is 11.9. The third-order valence-electron chi connectivity index (χ3n) is 4.74. The van der Waals surface area contributed by atoms with Gasteiger partial charge in [0.25, 0.3) is 0 Å². The van der Waals surface area contributed by atoms with Crippen LogP contribution in [0.2, 0.25) is 10.0 Å². The largest absolute Gasteiger partial charge is 0.497 e. The van der Waals surface area contributed by atoms with Crippen LogP contribution in [0.3, 0.4) is 0 Å². The molecule has 0 spiro atoms. The molecule has 0 aliphatic carbocycles.